The molecular formula is C16H20BrN5OS. The zero-order chi connectivity index (χ0) is 16.4. The molecule has 6 nitrogen and oxygen atoms in total. The molecule has 0 spiro atoms. The maximum Gasteiger partial charge on any atom is 0.193 e. The van der Waals surface area contributed by atoms with Crippen LogP contribution in [-0.2, 0) is 11.4 Å². The van der Waals surface area contributed by atoms with E-state index in [0.29, 0.717) is 0 Å². The third kappa shape index (κ3) is 3.67. The number of thioether (sulfide) groups is 1. The predicted octanol–water partition coefficient (Wildman–Crippen LogP) is 2.36. The fraction of sp³-hybridized carbons (Fsp3) is 0.500. The van der Waals surface area contributed by atoms with Crippen LogP contribution in [0, 0.1) is 0 Å². The summed E-state index contributed by atoms with van der Waals surface area (Å²) in [6.45, 7) is 6.80. The largest absolute Gasteiger partial charge is 0.379 e. The highest BCUT2D eigenvalue weighted by Crippen LogP contribution is 2.29. The van der Waals surface area contributed by atoms with Gasteiger partial charge in [0.2, 0.25) is 0 Å². The molecule has 0 saturated carbocycles. The lowest BCUT2D eigenvalue weighted by molar-refractivity contribution is 0.0325. The third-order valence-corrected chi connectivity index (χ3v) is 5.90. The van der Waals surface area contributed by atoms with Crippen molar-refractivity contribution in [2.45, 2.75) is 11.8 Å². The summed E-state index contributed by atoms with van der Waals surface area (Å²) in [4.78, 5) is 4.93. The molecule has 128 valence electrons. The molecule has 0 aliphatic carbocycles. The van der Waals surface area contributed by atoms with Crippen LogP contribution >= 0.6 is 27.7 Å². The quantitative estimate of drug-likeness (QED) is 0.772. The normalized spacial score (nSPS) is 19.4. The van der Waals surface area contributed by atoms with Crippen LogP contribution in [0.2, 0.25) is 0 Å². The maximum absolute atomic E-state index is 5.42. The van der Waals surface area contributed by atoms with Gasteiger partial charge in [0.15, 0.2) is 11.0 Å². The molecule has 2 aliphatic heterocycles. The summed E-state index contributed by atoms with van der Waals surface area (Å²) in [5.74, 6) is 1.91. The lowest BCUT2D eigenvalue weighted by Crippen LogP contribution is -2.42. The van der Waals surface area contributed by atoms with Crippen molar-refractivity contribution >= 4 is 27.7 Å². The van der Waals surface area contributed by atoms with Crippen molar-refractivity contribution in [1.29, 1.82) is 0 Å². The molecule has 0 bridgehead atoms. The number of fused-ring (bicyclic) bond motifs is 1. The number of benzene rings is 1. The van der Waals surface area contributed by atoms with Crippen LogP contribution in [0.1, 0.15) is 0 Å². The number of ether oxygens (including phenoxy) is 1. The molecule has 1 saturated heterocycles. The van der Waals surface area contributed by atoms with E-state index in [0.717, 1.165) is 73.0 Å². The lowest BCUT2D eigenvalue weighted by atomic mass is 10.2. The molecule has 8 heteroatoms. The van der Waals surface area contributed by atoms with Gasteiger partial charge in [-0.1, -0.05) is 39.8 Å². The maximum atomic E-state index is 5.42. The van der Waals surface area contributed by atoms with Crippen molar-refractivity contribution in [3.8, 4) is 11.4 Å². The van der Waals surface area contributed by atoms with Gasteiger partial charge in [-0.15, -0.1) is 10.2 Å². The Morgan fingerprint density at radius 3 is 2.79 bits per heavy atom. The molecule has 1 aromatic heterocycles. The molecule has 1 fully saturated rings. The zero-order valence-electron chi connectivity index (χ0n) is 13.4. The summed E-state index contributed by atoms with van der Waals surface area (Å²) in [5, 5.41) is 9.77. The van der Waals surface area contributed by atoms with E-state index in [4.69, 9.17) is 4.74 Å². The number of aromatic nitrogens is 3. The van der Waals surface area contributed by atoms with Crippen molar-refractivity contribution in [3.63, 3.8) is 0 Å². The topological polar surface area (TPSA) is 46.4 Å². The second kappa shape index (κ2) is 7.53. The van der Waals surface area contributed by atoms with Gasteiger partial charge in [-0.3, -0.25) is 14.4 Å². The number of morpholine rings is 1. The van der Waals surface area contributed by atoms with Crippen LogP contribution in [0.15, 0.2) is 33.9 Å². The van der Waals surface area contributed by atoms with E-state index >= 15 is 0 Å². The van der Waals surface area contributed by atoms with Crippen LogP contribution in [0.5, 0.6) is 0 Å². The summed E-state index contributed by atoms with van der Waals surface area (Å²) in [6, 6.07) is 8.24. The Hall–Kier alpha value is -0.930. The first-order valence-corrected chi connectivity index (χ1v) is 9.92. The molecule has 0 atom stereocenters. The van der Waals surface area contributed by atoms with Gasteiger partial charge >= 0.3 is 0 Å². The second-order valence-corrected chi connectivity index (χ2v) is 7.84. The fourth-order valence-corrected chi connectivity index (χ4v) is 4.30. The first kappa shape index (κ1) is 16.5. The zero-order valence-corrected chi connectivity index (χ0v) is 15.8. The van der Waals surface area contributed by atoms with Crippen LogP contribution < -0.4 is 0 Å². The molecule has 24 heavy (non-hydrogen) atoms. The van der Waals surface area contributed by atoms with Crippen LogP contribution in [0.25, 0.3) is 11.4 Å². The van der Waals surface area contributed by atoms with E-state index in [1.807, 2.05) is 12.1 Å². The monoisotopic (exact) mass is 409 g/mol. The number of hydrogen-bond acceptors (Lipinski definition) is 6. The molecule has 0 amide bonds. The first-order chi connectivity index (χ1) is 11.8. The Balaban J connectivity index is 1.45. The molecule has 2 aromatic rings. The van der Waals surface area contributed by atoms with Crippen molar-refractivity contribution in [2.75, 3.05) is 45.3 Å². The van der Waals surface area contributed by atoms with E-state index in [9.17, 15) is 0 Å². The van der Waals surface area contributed by atoms with Crippen molar-refractivity contribution in [1.82, 2.24) is 24.6 Å². The van der Waals surface area contributed by atoms with Gasteiger partial charge in [-0.2, -0.15) is 0 Å². The van der Waals surface area contributed by atoms with Gasteiger partial charge in [0.25, 0.3) is 0 Å². The van der Waals surface area contributed by atoms with Gasteiger partial charge in [0, 0.05) is 36.2 Å². The minimum Gasteiger partial charge on any atom is -0.379 e. The van der Waals surface area contributed by atoms with Gasteiger partial charge < -0.3 is 4.74 Å². The fourth-order valence-electron chi connectivity index (χ4n) is 3.00. The van der Waals surface area contributed by atoms with Crippen LogP contribution in [-0.4, -0.2) is 69.8 Å². The molecule has 1 aromatic carbocycles. The lowest BCUT2D eigenvalue weighted by Gasteiger charge is -2.32. The second-order valence-electron chi connectivity index (χ2n) is 6.01. The highest BCUT2D eigenvalue weighted by atomic mass is 79.9. The summed E-state index contributed by atoms with van der Waals surface area (Å²) in [7, 11) is 0. The van der Waals surface area contributed by atoms with Gasteiger partial charge in [0.1, 0.15) is 0 Å². The summed E-state index contributed by atoms with van der Waals surface area (Å²) < 4.78 is 8.70. The van der Waals surface area contributed by atoms with E-state index in [1.54, 1.807) is 11.8 Å². The van der Waals surface area contributed by atoms with Crippen molar-refractivity contribution < 1.29 is 4.74 Å². The smallest absolute Gasteiger partial charge is 0.193 e. The third-order valence-electron chi connectivity index (χ3n) is 4.35. The number of rotatable bonds is 4. The molecule has 0 N–H and O–H groups in total. The highest BCUT2D eigenvalue weighted by molar-refractivity contribution is 9.10. The SMILES string of the molecule is Brc1cccc(-c2nnc3n2CN(CCN2CCOCC2)CS3)c1. The molecular weight excluding hydrogens is 390 g/mol. The molecule has 4 rings (SSSR count). The van der Waals surface area contributed by atoms with E-state index in [2.05, 4.69) is 52.6 Å². The number of hydrogen-bond donors (Lipinski definition) is 0. The van der Waals surface area contributed by atoms with E-state index in [1.165, 1.54) is 0 Å². The Morgan fingerprint density at radius 2 is 1.96 bits per heavy atom. The Labute approximate surface area is 154 Å². The first-order valence-electron chi connectivity index (χ1n) is 8.14. The summed E-state index contributed by atoms with van der Waals surface area (Å²) >= 11 is 5.30. The van der Waals surface area contributed by atoms with Crippen molar-refractivity contribution in [3.05, 3.63) is 28.7 Å². The molecule has 0 radical (unpaired) electrons. The highest BCUT2D eigenvalue weighted by Gasteiger charge is 2.23. The predicted molar refractivity (Wildman–Crippen MR) is 97.8 cm³/mol. The van der Waals surface area contributed by atoms with Gasteiger partial charge in [-0.05, 0) is 12.1 Å². The molecule has 2 aliphatic rings. The van der Waals surface area contributed by atoms with Gasteiger partial charge in [-0.25, -0.2) is 0 Å². The van der Waals surface area contributed by atoms with E-state index in [-0.39, 0.29) is 0 Å². The molecule has 3 heterocycles. The number of nitrogens with zero attached hydrogens (tertiary/aromatic N) is 5. The van der Waals surface area contributed by atoms with Gasteiger partial charge in [0.05, 0.1) is 25.8 Å². The minimum atomic E-state index is 0.849. The van der Waals surface area contributed by atoms with E-state index < -0.39 is 0 Å². The van der Waals surface area contributed by atoms with Crippen molar-refractivity contribution in [2.24, 2.45) is 0 Å². The minimum absolute atomic E-state index is 0.849. The average molecular weight is 410 g/mol. The van der Waals surface area contributed by atoms with Crippen LogP contribution in [0.3, 0.4) is 0 Å². The Bertz CT molecular complexity index is 704. The standard InChI is InChI=1S/C16H20BrN5OS/c17-14-3-1-2-13(10-14)15-18-19-16-22(15)11-21(12-24-16)5-4-20-6-8-23-9-7-20/h1-3,10H,4-9,11-12H2. The number of halogens is 1. The van der Waals surface area contributed by atoms with Crippen LogP contribution in [0.4, 0.5) is 0 Å². The summed E-state index contributed by atoms with van der Waals surface area (Å²) in [6.07, 6.45) is 0. The molecule has 0 unspecified atom stereocenters. The Kier molecular flexibility index (Phi) is 5.19. The summed E-state index contributed by atoms with van der Waals surface area (Å²) in [5.41, 5.74) is 1.10. The Morgan fingerprint density at radius 1 is 1.12 bits per heavy atom. The average Bonchev–Trinajstić information content (AvgIpc) is 3.04.